The van der Waals surface area contributed by atoms with Gasteiger partial charge in [-0.15, -0.1) is 0 Å². The lowest BCUT2D eigenvalue weighted by molar-refractivity contribution is 0.0956. The van der Waals surface area contributed by atoms with Crippen LogP contribution >= 0.6 is 0 Å². The van der Waals surface area contributed by atoms with Gasteiger partial charge in [0.05, 0.1) is 0 Å². The van der Waals surface area contributed by atoms with Gasteiger partial charge in [0.25, 0.3) is 5.91 Å². The van der Waals surface area contributed by atoms with Crippen LogP contribution in [0.2, 0.25) is 0 Å². The predicted molar refractivity (Wildman–Crippen MR) is 83.2 cm³/mol. The van der Waals surface area contributed by atoms with E-state index in [0.717, 1.165) is 30.9 Å². The van der Waals surface area contributed by atoms with Gasteiger partial charge < -0.3 is 15.5 Å². The Labute approximate surface area is 121 Å². The molecule has 0 aromatic heterocycles. The Morgan fingerprint density at radius 3 is 2.70 bits per heavy atom. The monoisotopic (exact) mass is 275 g/mol. The molecule has 2 rings (SSSR count). The minimum atomic E-state index is -0.00282. The van der Waals surface area contributed by atoms with Gasteiger partial charge >= 0.3 is 0 Å². The van der Waals surface area contributed by atoms with Crippen molar-refractivity contribution in [3.8, 4) is 0 Å². The molecule has 1 aliphatic rings. The molecule has 0 saturated carbocycles. The van der Waals surface area contributed by atoms with Gasteiger partial charge in [0.2, 0.25) is 0 Å². The molecule has 4 heteroatoms. The smallest absolute Gasteiger partial charge is 0.251 e. The van der Waals surface area contributed by atoms with Gasteiger partial charge in [-0.1, -0.05) is 13.0 Å². The molecule has 2 N–H and O–H groups in total. The van der Waals surface area contributed by atoms with E-state index in [2.05, 4.69) is 22.5 Å². The Morgan fingerprint density at radius 1 is 1.30 bits per heavy atom. The second-order valence-electron chi connectivity index (χ2n) is 5.29. The van der Waals surface area contributed by atoms with Gasteiger partial charge in [0.1, 0.15) is 0 Å². The van der Waals surface area contributed by atoms with Crippen molar-refractivity contribution in [2.45, 2.75) is 32.7 Å². The molecule has 1 saturated heterocycles. The predicted octanol–water partition coefficient (Wildman–Crippen LogP) is 2.33. The molecule has 1 aliphatic heterocycles. The van der Waals surface area contributed by atoms with Crippen LogP contribution in [0.1, 0.15) is 37.0 Å². The zero-order valence-electron chi connectivity index (χ0n) is 12.5. The molecule has 1 aromatic rings. The summed E-state index contributed by atoms with van der Waals surface area (Å²) in [5.41, 5.74) is 1.77. The van der Waals surface area contributed by atoms with Crippen LogP contribution in [0, 0.1) is 0 Å². The number of likely N-dealkylation sites (tertiary alicyclic amines) is 1. The maximum atomic E-state index is 11.8. The number of hydrogen-bond acceptors (Lipinski definition) is 3. The maximum absolute atomic E-state index is 11.8. The topological polar surface area (TPSA) is 44.4 Å². The van der Waals surface area contributed by atoms with Crippen LogP contribution in [0.3, 0.4) is 0 Å². The Kier molecular flexibility index (Phi) is 5.41. The fraction of sp³-hybridized carbons (Fsp3) is 0.562. The number of amides is 1. The number of nitrogens with one attached hydrogen (secondary N) is 2. The fourth-order valence-corrected chi connectivity index (χ4v) is 2.64. The lowest BCUT2D eigenvalue weighted by Gasteiger charge is -2.32. The minimum Gasteiger partial charge on any atom is -0.382 e. The summed E-state index contributed by atoms with van der Waals surface area (Å²) < 4.78 is 0. The van der Waals surface area contributed by atoms with Gasteiger partial charge in [-0.25, -0.2) is 0 Å². The fourth-order valence-electron chi connectivity index (χ4n) is 2.64. The highest BCUT2D eigenvalue weighted by Crippen LogP contribution is 2.17. The third-order valence-electron chi connectivity index (χ3n) is 3.87. The van der Waals surface area contributed by atoms with Crippen molar-refractivity contribution in [2.75, 3.05) is 31.5 Å². The number of carbonyl (C=O) groups excluding carboxylic acids is 1. The van der Waals surface area contributed by atoms with Crippen LogP contribution in [0.4, 0.5) is 5.69 Å². The summed E-state index contributed by atoms with van der Waals surface area (Å²) in [6, 6.07) is 8.29. The molecule has 0 aliphatic carbocycles. The first-order valence-electron chi connectivity index (χ1n) is 7.60. The normalized spacial score (nSPS) is 16.9. The highest BCUT2D eigenvalue weighted by molar-refractivity contribution is 5.95. The van der Waals surface area contributed by atoms with Crippen molar-refractivity contribution in [3.05, 3.63) is 29.8 Å². The molecular formula is C16H25N3O. The Bertz CT molecular complexity index is 439. The van der Waals surface area contributed by atoms with Crippen LogP contribution in [-0.2, 0) is 0 Å². The highest BCUT2D eigenvalue weighted by Gasteiger charge is 2.17. The average molecular weight is 275 g/mol. The molecular weight excluding hydrogens is 250 g/mol. The van der Waals surface area contributed by atoms with Gasteiger partial charge in [-0.2, -0.15) is 0 Å². The van der Waals surface area contributed by atoms with Gasteiger partial charge in [-0.3, -0.25) is 4.79 Å². The number of rotatable bonds is 5. The Morgan fingerprint density at radius 2 is 2.05 bits per heavy atom. The van der Waals surface area contributed by atoms with Crippen molar-refractivity contribution < 1.29 is 4.79 Å². The third kappa shape index (κ3) is 3.97. The molecule has 110 valence electrons. The van der Waals surface area contributed by atoms with E-state index in [0.29, 0.717) is 12.6 Å². The molecule has 0 bridgehead atoms. The zero-order chi connectivity index (χ0) is 14.4. The molecule has 0 unspecified atom stereocenters. The third-order valence-corrected chi connectivity index (χ3v) is 3.87. The first kappa shape index (κ1) is 14.9. The Balaban J connectivity index is 1.93. The van der Waals surface area contributed by atoms with Crippen molar-refractivity contribution in [3.63, 3.8) is 0 Å². The molecule has 0 atom stereocenters. The second-order valence-corrected chi connectivity index (χ2v) is 5.29. The van der Waals surface area contributed by atoms with Gasteiger partial charge in [0, 0.05) is 36.9 Å². The number of anilines is 1. The lowest BCUT2D eigenvalue weighted by Crippen LogP contribution is -2.38. The number of nitrogens with zero attached hydrogens (tertiary/aromatic N) is 1. The highest BCUT2D eigenvalue weighted by atomic mass is 16.1. The molecule has 0 spiro atoms. The van der Waals surface area contributed by atoms with Crippen LogP contribution in [0.25, 0.3) is 0 Å². The SMILES string of the molecule is CCNC(=O)c1cccc(NC2CCN(CC)CC2)c1. The second kappa shape index (κ2) is 7.29. The van der Waals surface area contributed by atoms with Crippen molar-refractivity contribution >= 4 is 11.6 Å². The van der Waals surface area contributed by atoms with E-state index in [4.69, 9.17) is 0 Å². The standard InChI is InChI=1S/C16H25N3O/c1-3-17-16(20)13-6-5-7-15(12-13)18-14-8-10-19(4-2)11-9-14/h5-7,12,14,18H,3-4,8-11H2,1-2H3,(H,17,20). The van der Waals surface area contributed by atoms with E-state index in [1.54, 1.807) is 0 Å². The lowest BCUT2D eigenvalue weighted by atomic mass is 10.0. The largest absolute Gasteiger partial charge is 0.382 e. The number of piperidine rings is 1. The summed E-state index contributed by atoms with van der Waals surface area (Å²) in [6.45, 7) is 8.25. The summed E-state index contributed by atoms with van der Waals surface area (Å²) in [5, 5.41) is 6.39. The maximum Gasteiger partial charge on any atom is 0.251 e. The zero-order valence-corrected chi connectivity index (χ0v) is 12.5. The molecule has 1 aromatic carbocycles. The van der Waals surface area contributed by atoms with Crippen LogP contribution in [-0.4, -0.2) is 43.0 Å². The summed E-state index contributed by atoms with van der Waals surface area (Å²) in [5.74, 6) is -0.00282. The summed E-state index contributed by atoms with van der Waals surface area (Å²) in [7, 11) is 0. The minimum absolute atomic E-state index is 0.00282. The number of hydrogen-bond donors (Lipinski definition) is 2. The molecule has 0 radical (unpaired) electrons. The number of benzene rings is 1. The molecule has 1 heterocycles. The first-order valence-corrected chi connectivity index (χ1v) is 7.60. The summed E-state index contributed by atoms with van der Waals surface area (Å²) >= 11 is 0. The quantitative estimate of drug-likeness (QED) is 0.867. The van der Waals surface area contributed by atoms with Gasteiger partial charge in [-0.05, 0) is 44.5 Å². The first-order chi connectivity index (χ1) is 9.72. The van der Waals surface area contributed by atoms with E-state index in [1.807, 2.05) is 31.2 Å². The molecule has 1 amide bonds. The van der Waals surface area contributed by atoms with Crippen LogP contribution < -0.4 is 10.6 Å². The van der Waals surface area contributed by atoms with E-state index in [-0.39, 0.29) is 5.91 Å². The Hall–Kier alpha value is -1.55. The van der Waals surface area contributed by atoms with Gasteiger partial charge in [0.15, 0.2) is 0 Å². The van der Waals surface area contributed by atoms with E-state index in [9.17, 15) is 4.79 Å². The average Bonchev–Trinajstić information content (AvgIpc) is 2.48. The molecule has 4 nitrogen and oxygen atoms in total. The van der Waals surface area contributed by atoms with Crippen molar-refractivity contribution in [2.24, 2.45) is 0 Å². The van der Waals surface area contributed by atoms with Crippen molar-refractivity contribution in [1.82, 2.24) is 10.2 Å². The molecule has 1 fully saturated rings. The summed E-state index contributed by atoms with van der Waals surface area (Å²) in [6.07, 6.45) is 2.33. The molecule has 20 heavy (non-hydrogen) atoms. The van der Waals surface area contributed by atoms with E-state index in [1.165, 1.54) is 12.8 Å². The van der Waals surface area contributed by atoms with E-state index >= 15 is 0 Å². The summed E-state index contributed by atoms with van der Waals surface area (Å²) in [4.78, 5) is 14.3. The van der Waals surface area contributed by atoms with E-state index < -0.39 is 0 Å². The number of carbonyl (C=O) groups is 1. The van der Waals surface area contributed by atoms with Crippen molar-refractivity contribution in [1.29, 1.82) is 0 Å². The van der Waals surface area contributed by atoms with Crippen LogP contribution in [0.5, 0.6) is 0 Å². The van der Waals surface area contributed by atoms with Crippen LogP contribution in [0.15, 0.2) is 24.3 Å².